The molecule has 0 spiro atoms. The maximum Gasteiger partial charge on any atom is 0.327 e. The first-order valence-electron chi connectivity index (χ1n) is 5.57. The van der Waals surface area contributed by atoms with Gasteiger partial charge in [-0.25, -0.2) is 9.78 Å². The minimum atomic E-state index is -0.599. The molecule has 0 aliphatic carbocycles. The van der Waals surface area contributed by atoms with Gasteiger partial charge in [0.2, 0.25) is 0 Å². The number of fused-ring (bicyclic) bond motifs is 1. The Morgan fingerprint density at radius 2 is 1.95 bits per heavy atom. The molecule has 0 saturated carbocycles. The quantitative estimate of drug-likeness (QED) is 0.512. The number of nitrogens with one attached hydrogen (secondary N) is 3. The summed E-state index contributed by atoms with van der Waals surface area (Å²) in [6, 6.07) is 4.81. The van der Waals surface area contributed by atoms with E-state index in [0.717, 1.165) is 11.1 Å². The zero-order chi connectivity index (χ0) is 13.6. The Hall–Kier alpha value is -2.83. The molecule has 0 aliphatic rings. The number of nitrogens with zero attached hydrogens (tertiary/aromatic N) is 1. The topological polar surface area (TPSA) is 115 Å². The fourth-order valence-corrected chi connectivity index (χ4v) is 1.97. The van der Waals surface area contributed by atoms with Gasteiger partial charge in [0, 0.05) is 5.56 Å². The lowest BCUT2D eigenvalue weighted by Crippen LogP contribution is -2.21. The molecule has 7 heteroatoms. The smallest absolute Gasteiger partial charge is 0.327 e. The predicted molar refractivity (Wildman–Crippen MR) is 69.2 cm³/mol. The van der Waals surface area contributed by atoms with Crippen molar-refractivity contribution in [1.82, 2.24) is 19.9 Å². The number of hydrogen-bond donors (Lipinski definition) is 4. The molecular formula is C12H10N4O3. The average molecular weight is 258 g/mol. The normalized spacial score (nSPS) is 11.0. The average Bonchev–Trinajstić information content (AvgIpc) is 2.72. The molecule has 0 fully saturated rings. The van der Waals surface area contributed by atoms with Crippen molar-refractivity contribution in [2.24, 2.45) is 0 Å². The standard InChI is InChI=1S/C12H10N4O3/c1-5-4-6(17)2-3-7(5)9-13-8-10(14-9)15-12(19)16-11(8)18/h2-4,17H,1H3,(H3,13,14,15,16,18,19). The molecule has 2 heterocycles. The fraction of sp³-hybridized carbons (Fsp3) is 0.0833. The Balaban J connectivity index is 2.29. The van der Waals surface area contributed by atoms with E-state index in [-0.39, 0.29) is 16.9 Å². The minimum absolute atomic E-state index is 0.156. The first-order chi connectivity index (χ1) is 9.04. The van der Waals surface area contributed by atoms with Crippen molar-refractivity contribution in [3.63, 3.8) is 0 Å². The number of benzene rings is 1. The highest BCUT2D eigenvalue weighted by molar-refractivity contribution is 5.75. The molecule has 0 unspecified atom stereocenters. The van der Waals surface area contributed by atoms with Crippen LogP contribution in [0.4, 0.5) is 0 Å². The molecule has 2 aromatic heterocycles. The molecule has 3 aromatic rings. The third kappa shape index (κ3) is 1.81. The second kappa shape index (κ2) is 3.84. The van der Waals surface area contributed by atoms with Crippen LogP contribution in [0.2, 0.25) is 0 Å². The maximum atomic E-state index is 11.6. The molecule has 0 atom stereocenters. The highest BCUT2D eigenvalue weighted by Gasteiger charge is 2.11. The third-order valence-corrected chi connectivity index (χ3v) is 2.85. The number of rotatable bonds is 1. The van der Waals surface area contributed by atoms with Gasteiger partial charge in [-0.1, -0.05) is 0 Å². The number of phenolic OH excluding ortho intramolecular Hbond substituents is 1. The Morgan fingerprint density at radius 1 is 1.16 bits per heavy atom. The number of hydrogen-bond acceptors (Lipinski definition) is 4. The van der Waals surface area contributed by atoms with Gasteiger partial charge in [-0.05, 0) is 30.7 Å². The number of phenols is 1. The van der Waals surface area contributed by atoms with Crippen molar-refractivity contribution in [3.05, 3.63) is 44.6 Å². The lowest BCUT2D eigenvalue weighted by atomic mass is 10.1. The molecule has 7 nitrogen and oxygen atoms in total. The Bertz CT molecular complexity index is 888. The van der Waals surface area contributed by atoms with Crippen LogP contribution in [0.5, 0.6) is 5.75 Å². The van der Waals surface area contributed by atoms with Crippen molar-refractivity contribution < 1.29 is 5.11 Å². The van der Waals surface area contributed by atoms with Crippen LogP contribution < -0.4 is 11.2 Å². The fourth-order valence-electron chi connectivity index (χ4n) is 1.97. The Kier molecular flexibility index (Phi) is 2.28. The number of aryl methyl sites for hydroxylation is 1. The van der Waals surface area contributed by atoms with Crippen molar-refractivity contribution in [1.29, 1.82) is 0 Å². The lowest BCUT2D eigenvalue weighted by Gasteiger charge is -2.02. The van der Waals surface area contributed by atoms with Gasteiger partial charge in [-0.3, -0.25) is 14.8 Å². The zero-order valence-corrected chi connectivity index (χ0v) is 9.94. The van der Waals surface area contributed by atoms with Gasteiger partial charge >= 0.3 is 5.69 Å². The highest BCUT2D eigenvalue weighted by atomic mass is 16.3. The van der Waals surface area contributed by atoms with Gasteiger partial charge < -0.3 is 10.1 Å². The summed E-state index contributed by atoms with van der Waals surface area (Å²) in [4.78, 5) is 34.4. The van der Waals surface area contributed by atoms with Crippen LogP contribution >= 0.6 is 0 Å². The van der Waals surface area contributed by atoms with E-state index in [0.29, 0.717) is 5.82 Å². The number of aromatic nitrogens is 4. The van der Waals surface area contributed by atoms with E-state index in [2.05, 4.69) is 19.9 Å². The molecule has 1 aromatic carbocycles. The van der Waals surface area contributed by atoms with Crippen LogP contribution in [-0.4, -0.2) is 25.0 Å². The summed E-state index contributed by atoms with van der Waals surface area (Å²) < 4.78 is 0. The molecule has 0 bridgehead atoms. The van der Waals surface area contributed by atoms with Gasteiger partial charge in [-0.15, -0.1) is 0 Å². The van der Waals surface area contributed by atoms with Gasteiger partial charge in [0.25, 0.3) is 5.56 Å². The van der Waals surface area contributed by atoms with Crippen molar-refractivity contribution in [2.75, 3.05) is 0 Å². The van der Waals surface area contributed by atoms with E-state index in [1.165, 1.54) is 6.07 Å². The summed E-state index contributed by atoms with van der Waals surface area (Å²) in [5, 5.41) is 9.37. The largest absolute Gasteiger partial charge is 0.508 e. The van der Waals surface area contributed by atoms with Crippen molar-refractivity contribution >= 4 is 11.2 Å². The molecule has 0 amide bonds. The van der Waals surface area contributed by atoms with Crippen molar-refractivity contribution in [3.8, 4) is 17.1 Å². The number of imidazole rings is 1. The van der Waals surface area contributed by atoms with Crippen LogP contribution in [-0.2, 0) is 0 Å². The molecule has 4 N–H and O–H groups in total. The third-order valence-electron chi connectivity index (χ3n) is 2.85. The molecule has 0 aliphatic heterocycles. The lowest BCUT2D eigenvalue weighted by molar-refractivity contribution is 0.475. The van der Waals surface area contributed by atoms with E-state index < -0.39 is 11.2 Å². The summed E-state index contributed by atoms with van der Waals surface area (Å²) in [5.74, 6) is 0.614. The van der Waals surface area contributed by atoms with Crippen LogP contribution in [0.3, 0.4) is 0 Å². The van der Waals surface area contributed by atoms with Crippen molar-refractivity contribution in [2.45, 2.75) is 6.92 Å². The SMILES string of the molecule is Cc1cc(O)ccc1-c1nc2[nH]c(=O)[nH]c(=O)c2[nH]1. The Labute approximate surface area is 106 Å². The second-order valence-corrected chi connectivity index (χ2v) is 4.22. The minimum Gasteiger partial charge on any atom is -0.508 e. The van der Waals surface area contributed by atoms with Gasteiger partial charge in [0.15, 0.2) is 5.65 Å². The second-order valence-electron chi connectivity index (χ2n) is 4.22. The molecule has 96 valence electrons. The van der Waals surface area contributed by atoms with Crippen LogP contribution in [0.15, 0.2) is 27.8 Å². The van der Waals surface area contributed by atoms with Gasteiger partial charge in [0.1, 0.15) is 17.1 Å². The summed E-state index contributed by atoms with van der Waals surface area (Å²) in [6.45, 7) is 1.81. The predicted octanol–water partition coefficient (Wildman–Crippen LogP) is 0.621. The molecule has 0 saturated heterocycles. The van der Waals surface area contributed by atoms with E-state index >= 15 is 0 Å². The van der Waals surface area contributed by atoms with Crippen LogP contribution in [0.1, 0.15) is 5.56 Å². The Morgan fingerprint density at radius 3 is 2.68 bits per heavy atom. The first kappa shape index (κ1) is 11.3. The van der Waals surface area contributed by atoms with Crippen LogP contribution in [0.25, 0.3) is 22.6 Å². The number of aromatic amines is 3. The van der Waals surface area contributed by atoms with E-state index in [9.17, 15) is 14.7 Å². The highest BCUT2D eigenvalue weighted by Crippen LogP contribution is 2.24. The molecule has 19 heavy (non-hydrogen) atoms. The van der Waals surface area contributed by atoms with Crippen LogP contribution in [0, 0.1) is 6.92 Å². The van der Waals surface area contributed by atoms with Gasteiger partial charge in [0.05, 0.1) is 0 Å². The number of H-pyrrole nitrogens is 3. The van der Waals surface area contributed by atoms with Gasteiger partial charge in [-0.2, -0.15) is 0 Å². The molecule has 0 radical (unpaired) electrons. The summed E-state index contributed by atoms with van der Waals surface area (Å²) in [6.07, 6.45) is 0. The zero-order valence-electron chi connectivity index (χ0n) is 9.94. The van der Waals surface area contributed by atoms with E-state index in [4.69, 9.17) is 0 Å². The van der Waals surface area contributed by atoms with E-state index in [1.54, 1.807) is 12.1 Å². The molecular weight excluding hydrogens is 248 g/mol. The summed E-state index contributed by atoms with van der Waals surface area (Å²) >= 11 is 0. The maximum absolute atomic E-state index is 11.6. The number of aromatic hydroxyl groups is 1. The first-order valence-corrected chi connectivity index (χ1v) is 5.57. The molecule has 3 rings (SSSR count). The monoisotopic (exact) mass is 258 g/mol. The van der Waals surface area contributed by atoms with E-state index in [1.807, 2.05) is 6.92 Å². The summed E-state index contributed by atoms with van der Waals surface area (Å²) in [7, 11) is 0. The summed E-state index contributed by atoms with van der Waals surface area (Å²) in [5.41, 5.74) is 0.845.